The van der Waals surface area contributed by atoms with Crippen molar-refractivity contribution in [3.63, 3.8) is 0 Å². The summed E-state index contributed by atoms with van der Waals surface area (Å²) in [6, 6.07) is 0. The topological polar surface area (TPSA) is 40.5 Å². The van der Waals surface area contributed by atoms with Crippen LogP contribution in [0.1, 0.15) is 46.5 Å². The summed E-state index contributed by atoms with van der Waals surface area (Å²) < 4.78 is 0. The van der Waals surface area contributed by atoms with Gasteiger partial charge in [0.25, 0.3) is 0 Å². The number of hydrogen-bond acceptors (Lipinski definition) is 2. The van der Waals surface area contributed by atoms with Crippen molar-refractivity contribution in [3.8, 4) is 0 Å². The minimum atomic E-state index is 0. The van der Waals surface area contributed by atoms with Crippen LogP contribution in [0.2, 0.25) is 0 Å². The molecule has 0 aliphatic carbocycles. The van der Waals surface area contributed by atoms with Gasteiger partial charge in [0.2, 0.25) is 0 Å². The molecule has 2 N–H and O–H groups in total. The van der Waals surface area contributed by atoms with Gasteiger partial charge >= 0.3 is 21.7 Å². The zero-order valence-electron chi connectivity index (χ0n) is 10.3. The van der Waals surface area contributed by atoms with Crippen LogP contribution in [-0.4, -0.2) is 23.4 Å². The second-order valence-electron chi connectivity index (χ2n) is 2.19. The number of aliphatic hydroxyl groups excluding tert-OH is 2. The van der Waals surface area contributed by atoms with Crippen LogP contribution in [0.5, 0.6) is 0 Å². The Kier molecular flexibility index (Phi) is 104. The standard InChI is InChI=1S/C6H13.2C2H6O.CH3.Ti/c1-3-5-6-4-2;2*1-2-3;;/h1,3-6H2,2H3;2*3H,2H2,1H3;1H3;/q-1;;;-1;+2. The molecule has 3 heteroatoms. The van der Waals surface area contributed by atoms with Crippen molar-refractivity contribution in [1.82, 2.24) is 0 Å². The molecule has 0 amide bonds. The second-order valence-corrected chi connectivity index (χ2v) is 2.19. The first-order valence-corrected chi connectivity index (χ1v) is 4.75. The Bertz CT molecular complexity index is 38.3. The SMILES string of the molecule is CCO.CCO.[CH2-]CCCCC.[CH3-].[Ti+2]. The van der Waals surface area contributed by atoms with Crippen LogP contribution in [0.25, 0.3) is 0 Å². The molecule has 0 bridgehead atoms. The first-order chi connectivity index (χ1) is 5.74. The van der Waals surface area contributed by atoms with E-state index < -0.39 is 0 Å². The van der Waals surface area contributed by atoms with Gasteiger partial charge in [-0.2, -0.15) is 6.42 Å². The molecule has 2 nitrogen and oxygen atoms in total. The summed E-state index contributed by atoms with van der Waals surface area (Å²) in [7, 11) is 0. The average Bonchev–Trinajstić information content (AvgIpc) is 2.04. The monoisotopic (exact) mass is 240 g/mol. The third kappa shape index (κ3) is 129. The maximum atomic E-state index is 7.57. The summed E-state index contributed by atoms with van der Waals surface area (Å²) in [4.78, 5) is 0. The Morgan fingerprint density at radius 3 is 1.29 bits per heavy atom. The van der Waals surface area contributed by atoms with Crippen molar-refractivity contribution < 1.29 is 31.9 Å². The fraction of sp³-hybridized carbons (Fsp3) is 0.818. The number of hydrogen-bond donors (Lipinski definition) is 2. The Hall–Kier alpha value is 0.634. The van der Waals surface area contributed by atoms with Gasteiger partial charge in [-0.25, -0.2) is 0 Å². The first-order valence-electron chi connectivity index (χ1n) is 4.75. The zero-order chi connectivity index (χ0) is 10.2. The van der Waals surface area contributed by atoms with E-state index in [1.807, 2.05) is 0 Å². The molecule has 0 saturated heterocycles. The summed E-state index contributed by atoms with van der Waals surface area (Å²) in [6.07, 6.45) is 5.07. The second kappa shape index (κ2) is 49.4. The molecule has 0 aliphatic rings. The fourth-order valence-corrected chi connectivity index (χ4v) is 0.427. The van der Waals surface area contributed by atoms with E-state index in [-0.39, 0.29) is 42.4 Å². The molecular formula is C11H28O2Ti. The van der Waals surface area contributed by atoms with Crippen LogP contribution in [-0.2, 0) is 21.7 Å². The molecule has 14 heavy (non-hydrogen) atoms. The van der Waals surface area contributed by atoms with Gasteiger partial charge in [-0.1, -0.05) is 26.2 Å². The van der Waals surface area contributed by atoms with Gasteiger partial charge in [0.15, 0.2) is 0 Å². The van der Waals surface area contributed by atoms with Gasteiger partial charge in [-0.15, -0.1) is 0 Å². The third-order valence-electron chi connectivity index (χ3n) is 0.854. The van der Waals surface area contributed by atoms with Gasteiger partial charge in [0.05, 0.1) is 0 Å². The van der Waals surface area contributed by atoms with Crippen molar-refractivity contribution in [3.05, 3.63) is 14.4 Å². The van der Waals surface area contributed by atoms with Gasteiger partial charge in [0, 0.05) is 13.2 Å². The van der Waals surface area contributed by atoms with Crippen molar-refractivity contribution in [2.45, 2.75) is 46.5 Å². The maximum absolute atomic E-state index is 7.57. The largest absolute Gasteiger partial charge is 2.00 e. The van der Waals surface area contributed by atoms with Crippen molar-refractivity contribution in [2.75, 3.05) is 13.2 Å². The molecule has 0 heterocycles. The summed E-state index contributed by atoms with van der Waals surface area (Å²) >= 11 is 0. The van der Waals surface area contributed by atoms with Crippen LogP contribution in [0, 0.1) is 14.4 Å². The molecule has 0 aromatic carbocycles. The molecule has 88 valence electrons. The minimum absolute atomic E-state index is 0. The van der Waals surface area contributed by atoms with Gasteiger partial charge in [-0.05, 0) is 13.8 Å². The third-order valence-corrected chi connectivity index (χ3v) is 0.854. The summed E-state index contributed by atoms with van der Waals surface area (Å²) in [5.74, 6) is 0. The molecule has 0 saturated carbocycles. The molecule has 0 atom stereocenters. The minimum Gasteiger partial charge on any atom is -0.397 e. The molecule has 0 radical (unpaired) electrons. The van der Waals surface area contributed by atoms with E-state index in [1.165, 1.54) is 19.3 Å². The van der Waals surface area contributed by atoms with Gasteiger partial charge < -0.3 is 24.6 Å². The van der Waals surface area contributed by atoms with E-state index in [0.717, 1.165) is 6.42 Å². The Labute approximate surface area is 106 Å². The van der Waals surface area contributed by atoms with Crippen molar-refractivity contribution in [1.29, 1.82) is 0 Å². The van der Waals surface area contributed by atoms with Gasteiger partial charge in [0.1, 0.15) is 0 Å². The summed E-state index contributed by atoms with van der Waals surface area (Å²) in [6.45, 7) is 9.79. The molecule has 0 unspecified atom stereocenters. The molecule has 0 aromatic heterocycles. The predicted molar refractivity (Wildman–Crippen MR) is 61.4 cm³/mol. The molecule has 0 spiro atoms. The molecule has 0 fully saturated rings. The smallest absolute Gasteiger partial charge is 0.397 e. The quantitative estimate of drug-likeness (QED) is 0.452. The number of rotatable bonds is 3. The van der Waals surface area contributed by atoms with E-state index in [2.05, 4.69) is 13.8 Å². The average molecular weight is 240 g/mol. The summed E-state index contributed by atoms with van der Waals surface area (Å²) in [5, 5.41) is 15.1. The Morgan fingerprint density at radius 1 is 0.929 bits per heavy atom. The normalized spacial score (nSPS) is 6.43. The summed E-state index contributed by atoms with van der Waals surface area (Å²) in [5.41, 5.74) is 0. The fourth-order valence-electron chi connectivity index (χ4n) is 0.427. The van der Waals surface area contributed by atoms with E-state index in [0.29, 0.717) is 0 Å². The number of unbranched alkanes of at least 4 members (excludes halogenated alkanes) is 3. The van der Waals surface area contributed by atoms with E-state index in [9.17, 15) is 0 Å². The molecule has 0 aliphatic heterocycles. The Morgan fingerprint density at radius 2 is 1.21 bits per heavy atom. The van der Waals surface area contributed by atoms with Gasteiger partial charge in [-0.3, -0.25) is 0 Å². The Balaban J connectivity index is -0.0000000297. The van der Waals surface area contributed by atoms with Crippen LogP contribution in [0.15, 0.2) is 0 Å². The first kappa shape index (κ1) is 29.3. The van der Waals surface area contributed by atoms with Crippen molar-refractivity contribution >= 4 is 0 Å². The van der Waals surface area contributed by atoms with Crippen LogP contribution in [0.3, 0.4) is 0 Å². The van der Waals surface area contributed by atoms with Crippen LogP contribution < -0.4 is 0 Å². The van der Waals surface area contributed by atoms with Crippen LogP contribution in [0.4, 0.5) is 0 Å². The van der Waals surface area contributed by atoms with E-state index in [1.54, 1.807) is 13.8 Å². The number of aliphatic hydroxyl groups is 2. The van der Waals surface area contributed by atoms with Crippen LogP contribution >= 0.6 is 0 Å². The zero-order valence-corrected chi connectivity index (χ0v) is 11.9. The predicted octanol–water partition coefficient (Wildman–Crippen LogP) is 2.85. The molecule has 0 rings (SSSR count). The molecular weight excluding hydrogens is 212 g/mol. The van der Waals surface area contributed by atoms with E-state index >= 15 is 0 Å². The molecule has 0 aromatic rings. The maximum Gasteiger partial charge on any atom is 2.00 e. The van der Waals surface area contributed by atoms with Crippen molar-refractivity contribution in [2.24, 2.45) is 0 Å². The van der Waals surface area contributed by atoms with E-state index in [4.69, 9.17) is 10.2 Å².